The minimum absolute atomic E-state index is 0.00392. The number of fused-ring (bicyclic) bond motifs is 4. The van der Waals surface area contributed by atoms with E-state index in [0.29, 0.717) is 42.2 Å². The van der Waals surface area contributed by atoms with Gasteiger partial charge in [0.2, 0.25) is 0 Å². The lowest BCUT2D eigenvalue weighted by Crippen LogP contribution is -2.89. The lowest BCUT2D eigenvalue weighted by atomic mass is 9.25. The van der Waals surface area contributed by atoms with Crippen molar-refractivity contribution in [3.63, 3.8) is 0 Å². The molecule has 10 nitrogen and oxygen atoms in total. The summed E-state index contributed by atoms with van der Waals surface area (Å²) in [6, 6.07) is 16.4. The molecule has 12 unspecified atom stereocenters. The minimum Gasteiger partial charge on any atom is -0.301 e. The maximum absolute atomic E-state index is 4.57. The fourth-order valence-electron chi connectivity index (χ4n) is 14.6. The molecule has 3 aromatic carbocycles. The van der Waals surface area contributed by atoms with Crippen molar-refractivity contribution < 1.29 is 0 Å². The third-order valence-electron chi connectivity index (χ3n) is 17.6. The molecule has 3 aromatic rings. The monoisotopic (exact) mass is 897 g/mol. The summed E-state index contributed by atoms with van der Waals surface area (Å²) in [5.41, 5.74) is 25.6. The molecule has 0 aliphatic carbocycles. The van der Waals surface area contributed by atoms with Crippen LogP contribution < -0.4 is 42.8 Å². The zero-order chi connectivity index (χ0) is 47.1. The summed E-state index contributed by atoms with van der Waals surface area (Å²) in [5.74, 6) is 3.23. The highest BCUT2D eigenvalue weighted by molar-refractivity contribution is 6.65. The van der Waals surface area contributed by atoms with Gasteiger partial charge in [0, 0.05) is 41.9 Å². The first kappa shape index (κ1) is 47.0. The second-order valence-electron chi connectivity index (χ2n) is 24.0. The first-order chi connectivity index (χ1) is 31.2. The Morgan fingerprint density at radius 2 is 0.788 bits per heavy atom. The van der Waals surface area contributed by atoms with Crippen molar-refractivity contribution in [1.82, 2.24) is 52.8 Å². The summed E-state index contributed by atoms with van der Waals surface area (Å²) < 4.78 is 0. The molecule has 7 saturated heterocycles. The van der Waals surface area contributed by atoms with Gasteiger partial charge in [-0.1, -0.05) is 125 Å². The smallest absolute Gasteiger partial charge is 0.194 e. The van der Waals surface area contributed by atoms with Crippen LogP contribution in [0.15, 0.2) is 36.4 Å². The molecule has 11 heteroatoms. The first-order valence-corrected chi connectivity index (χ1v) is 26.3. The topological polar surface area (TPSA) is 103 Å². The van der Waals surface area contributed by atoms with Crippen molar-refractivity contribution in [3.05, 3.63) is 103 Å². The van der Waals surface area contributed by atoms with Crippen LogP contribution in [-0.4, -0.2) is 77.2 Å². The van der Waals surface area contributed by atoms with Crippen LogP contribution in [0.1, 0.15) is 218 Å². The maximum Gasteiger partial charge on any atom is 0.194 e. The Morgan fingerprint density at radius 3 is 1.12 bits per heavy atom. The zero-order valence-electron chi connectivity index (χ0n) is 43.5. The Balaban J connectivity index is 1.15. The van der Waals surface area contributed by atoms with Gasteiger partial charge in [0.15, 0.2) is 6.71 Å². The molecule has 0 aromatic heterocycles. The van der Waals surface area contributed by atoms with Gasteiger partial charge in [-0.2, -0.15) is 0 Å². The van der Waals surface area contributed by atoms with Crippen LogP contribution in [0.25, 0.3) is 0 Å². The highest BCUT2D eigenvalue weighted by Gasteiger charge is 2.71. The van der Waals surface area contributed by atoms with Crippen LogP contribution in [0.4, 0.5) is 0 Å². The van der Waals surface area contributed by atoms with Crippen molar-refractivity contribution in [2.45, 2.75) is 238 Å². The predicted molar refractivity (Wildman–Crippen MR) is 274 cm³/mol. The maximum atomic E-state index is 4.57. The summed E-state index contributed by atoms with van der Waals surface area (Å²) in [5, 5.41) is 32.0. The molecule has 358 valence electrons. The van der Waals surface area contributed by atoms with Gasteiger partial charge in [-0.15, -0.1) is 0 Å². The molecule has 10 rings (SSSR count). The number of rotatable bonds is 9. The summed E-state index contributed by atoms with van der Waals surface area (Å²) >= 11 is 0. The molecule has 7 aliphatic rings. The Bertz CT molecular complexity index is 2110. The standard InChI is InChI=1S/C55H85BN10/c1-24(2)35-20-37(26(5)6)42(38(21-35)27(7)8)52-57-45-33(16)63-65-47(45)49(59-52)56-44-54(65)61-51(41-31(14)18-30(13)19-32(41)15)62-55(44)66-48-46(34(17)64-66)58-53(60-50(48)56)43-39(28(9)10)22-36(25(3)4)23-40(43)29(11)12/h18-29,33-34,44-55,57-64H,1-17H3. The molecular weight excluding hydrogens is 811 g/mol. The number of hydrogen-bond donors (Lipinski definition) is 8. The number of nitrogens with one attached hydrogen (secondary N) is 8. The van der Waals surface area contributed by atoms with Gasteiger partial charge in [0.1, 0.15) is 0 Å². The molecule has 7 heterocycles. The number of aryl methyl sites for hydroxylation is 3. The van der Waals surface area contributed by atoms with E-state index in [1.54, 1.807) is 0 Å². The summed E-state index contributed by atoms with van der Waals surface area (Å²) in [7, 11) is 0. The van der Waals surface area contributed by atoms with Crippen molar-refractivity contribution in [1.29, 1.82) is 0 Å². The quantitative estimate of drug-likeness (QED) is 0.0998. The second-order valence-corrected chi connectivity index (χ2v) is 24.0. The highest BCUT2D eigenvalue weighted by atomic mass is 15.7. The second kappa shape index (κ2) is 17.3. The number of hydrogen-bond acceptors (Lipinski definition) is 10. The molecule has 8 N–H and O–H groups in total. The molecule has 0 amide bonds. The third-order valence-corrected chi connectivity index (χ3v) is 17.6. The van der Waals surface area contributed by atoms with Crippen LogP contribution in [0.2, 0.25) is 5.82 Å². The van der Waals surface area contributed by atoms with E-state index >= 15 is 0 Å². The lowest BCUT2D eigenvalue weighted by Gasteiger charge is -2.66. The Hall–Kier alpha value is -2.68. The zero-order valence-corrected chi connectivity index (χ0v) is 43.5. The summed E-state index contributed by atoms with van der Waals surface area (Å²) in [4.78, 5) is 0. The van der Waals surface area contributed by atoms with Crippen LogP contribution in [0.5, 0.6) is 0 Å². The number of benzene rings is 3. The van der Waals surface area contributed by atoms with E-state index < -0.39 is 0 Å². The largest absolute Gasteiger partial charge is 0.301 e. The highest BCUT2D eigenvalue weighted by Crippen LogP contribution is 2.52. The van der Waals surface area contributed by atoms with Crippen molar-refractivity contribution in [2.75, 3.05) is 0 Å². The van der Waals surface area contributed by atoms with Gasteiger partial charge in [-0.25, -0.2) is 20.9 Å². The van der Waals surface area contributed by atoms with Gasteiger partial charge in [-0.3, -0.25) is 21.3 Å². The average molecular weight is 897 g/mol. The normalized spacial score (nSPS) is 35.2. The van der Waals surface area contributed by atoms with Gasteiger partial charge in [0.25, 0.3) is 0 Å². The fourth-order valence-corrected chi connectivity index (χ4v) is 14.6. The Kier molecular flexibility index (Phi) is 12.3. The van der Waals surface area contributed by atoms with E-state index in [2.05, 4.69) is 207 Å². The molecule has 0 radical (unpaired) electrons. The van der Waals surface area contributed by atoms with Crippen molar-refractivity contribution >= 4 is 6.71 Å². The van der Waals surface area contributed by atoms with Gasteiger partial charge in [-0.05, 0) is 131 Å². The molecular formula is C55H85BN10. The first-order valence-electron chi connectivity index (χ1n) is 26.3. The van der Waals surface area contributed by atoms with Crippen molar-refractivity contribution in [3.8, 4) is 0 Å². The molecule has 7 fully saturated rings. The van der Waals surface area contributed by atoms with Crippen molar-refractivity contribution in [2.24, 2.45) is 0 Å². The SMILES string of the molecule is Cc1cc(C)c(C2NC3C4B(C5NC(c6c(C(C)C)cc(C(C)C)cc6C(C)C)NC6C(C)NN3C56)C3NC(c5c(C(C)C)cc(C(C)C)cc5C(C)C)NC5C(C)NN(C4N2)C35)c(C)c1. The number of hydrazine groups is 2. The summed E-state index contributed by atoms with van der Waals surface area (Å²) in [6.45, 7) is 40.6. The van der Waals surface area contributed by atoms with Crippen LogP contribution >= 0.6 is 0 Å². The molecule has 12 atom stereocenters. The van der Waals surface area contributed by atoms with Crippen LogP contribution in [0, 0.1) is 20.8 Å². The van der Waals surface area contributed by atoms with Gasteiger partial charge in [0.05, 0.1) is 42.9 Å². The Labute approximate surface area is 399 Å². The average Bonchev–Trinajstić information content (AvgIpc) is 3.77. The molecule has 0 saturated carbocycles. The predicted octanol–water partition coefficient (Wildman–Crippen LogP) is 8.58. The summed E-state index contributed by atoms with van der Waals surface area (Å²) in [6.07, 6.45) is 0.237. The molecule has 0 bridgehead atoms. The molecule has 7 aliphatic heterocycles. The number of nitrogens with zero attached hydrogens (tertiary/aromatic N) is 2. The van der Waals surface area contributed by atoms with E-state index in [1.807, 2.05) is 0 Å². The van der Waals surface area contributed by atoms with Crippen LogP contribution in [-0.2, 0) is 0 Å². The molecule has 66 heavy (non-hydrogen) atoms. The van der Waals surface area contributed by atoms with E-state index in [9.17, 15) is 0 Å². The van der Waals surface area contributed by atoms with E-state index in [1.165, 1.54) is 66.8 Å². The van der Waals surface area contributed by atoms with Crippen LogP contribution in [0.3, 0.4) is 0 Å². The van der Waals surface area contributed by atoms with E-state index in [-0.39, 0.29) is 84.8 Å². The van der Waals surface area contributed by atoms with Gasteiger partial charge >= 0.3 is 0 Å². The van der Waals surface area contributed by atoms with Gasteiger partial charge < -0.3 is 10.6 Å². The third kappa shape index (κ3) is 7.43. The minimum atomic E-state index is -0.00392. The molecule has 0 spiro atoms. The fraction of sp³-hybridized carbons (Fsp3) is 0.673. The van der Waals surface area contributed by atoms with E-state index in [4.69, 9.17) is 0 Å². The Morgan fingerprint density at radius 1 is 0.439 bits per heavy atom. The lowest BCUT2D eigenvalue weighted by molar-refractivity contribution is -0.0595. The van der Waals surface area contributed by atoms with E-state index in [0.717, 1.165) is 0 Å².